The molecule has 0 radical (unpaired) electrons. The maximum Gasteiger partial charge on any atom is 0.251 e. The smallest absolute Gasteiger partial charge is 0.251 e. The van der Waals surface area contributed by atoms with Gasteiger partial charge >= 0.3 is 0 Å². The van der Waals surface area contributed by atoms with Gasteiger partial charge in [-0.05, 0) is 31.2 Å². The van der Waals surface area contributed by atoms with Crippen LogP contribution in [-0.4, -0.2) is 17.2 Å². The highest BCUT2D eigenvalue weighted by molar-refractivity contribution is 5.94. The largest absolute Gasteiger partial charge is 0.441 e. The Bertz CT molecular complexity index is 852. The van der Waals surface area contributed by atoms with E-state index in [0.717, 1.165) is 11.8 Å². The third-order valence-electron chi connectivity index (χ3n) is 3.64. The van der Waals surface area contributed by atoms with Gasteiger partial charge in [-0.25, -0.2) is 4.98 Å². The number of aldehydes is 1. The summed E-state index contributed by atoms with van der Waals surface area (Å²) in [6, 6.07) is 16.0. The van der Waals surface area contributed by atoms with Gasteiger partial charge in [-0.3, -0.25) is 9.59 Å². The van der Waals surface area contributed by atoms with E-state index in [2.05, 4.69) is 10.3 Å². The minimum absolute atomic E-state index is 0.226. The van der Waals surface area contributed by atoms with Gasteiger partial charge in [0.15, 0.2) is 0 Å². The molecule has 2 aromatic carbocycles. The summed E-state index contributed by atoms with van der Waals surface area (Å²) in [5.74, 6) is 0.981. The third kappa shape index (κ3) is 3.41. The molecule has 5 nitrogen and oxygen atoms in total. The molecule has 24 heavy (non-hydrogen) atoms. The summed E-state index contributed by atoms with van der Waals surface area (Å²) >= 11 is 0. The van der Waals surface area contributed by atoms with Crippen LogP contribution in [0.5, 0.6) is 0 Å². The van der Waals surface area contributed by atoms with Crippen LogP contribution in [-0.2, 0) is 6.54 Å². The number of nitrogens with zero attached hydrogens (tertiary/aromatic N) is 1. The van der Waals surface area contributed by atoms with Crippen molar-refractivity contribution in [1.29, 1.82) is 0 Å². The zero-order valence-electron chi connectivity index (χ0n) is 13.2. The van der Waals surface area contributed by atoms with E-state index in [0.29, 0.717) is 28.5 Å². The zero-order chi connectivity index (χ0) is 16.9. The molecule has 1 aromatic heterocycles. The Hall–Kier alpha value is -3.21. The molecule has 0 bridgehead atoms. The molecular formula is C19H16N2O3. The molecule has 1 amide bonds. The predicted molar refractivity (Wildman–Crippen MR) is 89.7 cm³/mol. The highest BCUT2D eigenvalue weighted by Gasteiger charge is 2.13. The van der Waals surface area contributed by atoms with Gasteiger partial charge in [-0.1, -0.05) is 30.3 Å². The summed E-state index contributed by atoms with van der Waals surface area (Å²) in [5, 5.41) is 2.81. The number of carbonyl (C=O) groups is 2. The van der Waals surface area contributed by atoms with Crippen molar-refractivity contribution in [2.45, 2.75) is 13.5 Å². The summed E-state index contributed by atoms with van der Waals surface area (Å²) in [7, 11) is 0. The van der Waals surface area contributed by atoms with E-state index in [1.807, 2.05) is 37.3 Å². The van der Waals surface area contributed by atoms with E-state index in [4.69, 9.17) is 4.42 Å². The van der Waals surface area contributed by atoms with Crippen LogP contribution in [0, 0.1) is 6.92 Å². The second-order valence-electron chi connectivity index (χ2n) is 5.31. The fraction of sp³-hybridized carbons (Fsp3) is 0.105. The second kappa shape index (κ2) is 6.91. The van der Waals surface area contributed by atoms with Crippen LogP contribution in [0.3, 0.4) is 0 Å². The number of oxazole rings is 1. The van der Waals surface area contributed by atoms with E-state index in [1.54, 1.807) is 24.3 Å². The molecule has 0 saturated carbocycles. The van der Waals surface area contributed by atoms with E-state index in [9.17, 15) is 9.59 Å². The molecule has 120 valence electrons. The van der Waals surface area contributed by atoms with Crippen LogP contribution in [0.1, 0.15) is 32.2 Å². The van der Waals surface area contributed by atoms with E-state index in [-0.39, 0.29) is 12.5 Å². The third-order valence-corrected chi connectivity index (χ3v) is 3.64. The second-order valence-corrected chi connectivity index (χ2v) is 5.31. The summed E-state index contributed by atoms with van der Waals surface area (Å²) in [6.45, 7) is 2.09. The van der Waals surface area contributed by atoms with Gasteiger partial charge < -0.3 is 9.73 Å². The maximum atomic E-state index is 12.1. The van der Waals surface area contributed by atoms with Crippen LogP contribution >= 0.6 is 0 Å². The normalized spacial score (nSPS) is 10.4. The Morgan fingerprint density at radius 1 is 1.12 bits per heavy atom. The molecule has 0 aliphatic carbocycles. The molecular weight excluding hydrogens is 304 g/mol. The molecule has 1 heterocycles. The lowest BCUT2D eigenvalue weighted by molar-refractivity contribution is 0.0949. The van der Waals surface area contributed by atoms with E-state index in [1.165, 1.54) is 0 Å². The van der Waals surface area contributed by atoms with Crippen LogP contribution in [0.2, 0.25) is 0 Å². The van der Waals surface area contributed by atoms with Crippen LogP contribution < -0.4 is 5.32 Å². The monoisotopic (exact) mass is 320 g/mol. The number of benzene rings is 2. The Morgan fingerprint density at radius 3 is 2.50 bits per heavy atom. The first-order chi connectivity index (χ1) is 11.7. The van der Waals surface area contributed by atoms with Gasteiger partial charge in [0.05, 0.1) is 6.54 Å². The molecule has 0 aliphatic heterocycles. The fourth-order valence-corrected chi connectivity index (χ4v) is 2.28. The first kappa shape index (κ1) is 15.7. The average molecular weight is 320 g/mol. The van der Waals surface area contributed by atoms with Gasteiger partial charge in [0.25, 0.3) is 5.91 Å². The molecule has 0 aliphatic rings. The number of aryl methyl sites for hydroxylation is 1. The molecule has 0 spiro atoms. The van der Waals surface area contributed by atoms with Gasteiger partial charge in [0.2, 0.25) is 5.89 Å². The Kier molecular flexibility index (Phi) is 4.52. The standard InChI is InChI=1S/C19H16N2O3/c1-13-17(21-19(24-13)16-5-3-2-4-6-16)11-20-18(23)15-9-7-14(12-22)8-10-15/h2-10,12H,11H2,1H3,(H,20,23). The minimum atomic E-state index is -0.226. The van der Waals surface area contributed by atoms with E-state index < -0.39 is 0 Å². The lowest BCUT2D eigenvalue weighted by Gasteiger charge is -2.03. The van der Waals surface area contributed by atoms with Gasteiger partial charge in [-0.2, -0.15) is 0 Å². The minimum Gasteiger partial charge on any atom is -0.441 e. The molecule has 0 fully saturated rings. The Balaban J connectivity index is 1.69. The highest BCUT2D eigenvalue weighted by atomic mass is 16.4. The van der Waals surface area contributed by atoms with Crippen molar-refractivity contribution in [3.8, 4) is 11.5 Å². The first-order valence-corrected chi connectivity index (χ1v) is 7.52. The summed E-state index contributed by atoms with van der Waals surface area (Å²) in [4.78, 5) is 27.2. The Labute approximate surface area is 139 Å². The predicted octanol–water partition coefficient (Wildman–Crippen LogP) is 3.39. The Morgan fingerprint density at radius 2 is 1.83 bits per heavy atom. The van der Waals surface area contributed by atoms with Crippen LogP contribution in [0.15, 0.2) is 59.0 Å². The van der Waals surface area contributed by atoms with E-state index >= 15 is 0 Å². The number of hydrogen-bond acceptors (Lipinski definition) is 4. The topological polar surface area (TPSA) is 72.2 Å². The maximum absolute atomic E-state index is 12.1. The average Bonchev–Trinajstić information content (AvgIpc) is 3.01. The van der Waals surface area contributed by atoms with Crippen molar-refractivity contribution in [1.82, 2.24) is 10.3 Å². The van der Waals surface area contributed by atoms with Gasteiger partial charge in [-0.15, -0.1) is 0 Å². The SMILES string of the molecule is Cc1oc(-c2ccccc2)nc1CNC(=O)c1ccc(C=O)cc1. The summed E-state index contributed by atoms with van der Waals surface area (Å²) in [5.41, 5.74) is 2.60. The summed E-state index contributed by atoms with van der Waals surface area (Å²) < 4.78 is 5.67. The molecule has 3 rings (SSSR count). The van der Waals surface area contributed by atoms with Crippen LogP contribution in [0.4, 0.5) is 0 Å². The molecule has 1 N–H and O–H groups in total. The van der Waals surface area contributed by atoms with Crippen molar-refractivity contribution in [2.75, 3.05) is 0 Å². The van der Waals surface area contributed by atoms with Crippen molar-refractivity contribution in [2.24, 2.45) is 0 Å². The number of hydrogen-bond donors (Lipinski definition) is 1. The van der Waals surface area contributed by atoms with Crippen LogP contribution in [0.25, 0.3) is 11.5 Å². The lowest BCUT2D eigenvalue weighted by atomic mass is 10.1. The first-order valence-electron chi connectivity index (χ1n) is 7.52. The number of nitrogens with one attached hydrogen (secondary N) is 1. The molecule has 0 unspecified atom stereocenters. The zero-order valence-corrected chi connectivity index (χ0v) is 13.2. The number of rotatable bonds is 5. The number of amides is 1. The van der Waals surface area contributed by atoms with Crippen molar-refractivity contribution >= 4 is 12.2 Å². The highest BCUT2D eigenvalue weighted by Crippen LogP contribution is 2.21. The number of aromatic nitrogens is 1. The lowest BCUT2D eigenvalue weighted by Crippen LogP contribution is -2.23. The van der Waals surface area contributed by atoms with Crippen molar-refractivity contribution in [3.63, 3.8) is 0 Å². The quantitative estimate of drug-likeness (QED) is 0.731. The number of carbonyl (C=O) groups excluding carboxylic acids is 2. The fourth-order valence-electron chi connectivity index (χ4n) is 2.28. The molecule has 3 aromatic rings. The molecule has 0 saturated heterocycles. The molecule has 5 heteroatoms. The molecule has 0 atom stereocenters. The van der Waals surface area contributed by atoms with Gasteiger partial charge in [0.1, 0.15) is 17.7 Å². The van der Waals surface area contributed by atoms with Crippen molar-refractivity contribution < 1.29 is 14.0 Å². The van der Waals surface area contributed by atoms with Gasteiger partial charge in [0, 0.05) is 16.7 Å². The van der Waals surface area contributed by atoms with Crippen molar-refractivity contribution in [3.05, 3.63) is 77.2 Å². The summed E-state index contributed by atoms with van der Waals surface area (Å²) in [6.07, 6.45) is 0.742.